The van der Waals surface area contributed by atoms with Gasteiger partial charge >= 0.3 is 6.03 Å². The van der Waals surface area contributed by atoms with Crippen LogP contribution in [0.5, 0.6) is 0 Å². The van der Waals surface area contributed by atoms with Gasteiger partial charge in [-0.25, -0.2) is 14.8 Å². The first-order valence-corrected chi connectivity index (χ1v) is 7.74. The number of rotatable bonds is 3. The maximum absolute atomic E-state index is 11.7. The molecule has 3 aromatic rings. The second kappa shape index (κ2) is 6.54. The summed E-state index contributed by atoms with van der Waals surface area (Å²) >= 11 is 0. The molecule has 0 unspecified atom stereocenters. The first-order chi connectivity index (χ1) is 11.6. The molecule has 0 spiro atoms. The molecule has 122 valence electrons. The van der Waals surface area contributed by atoms with Gasteiger partial charge in [0.15, 0.2) is 0 Å². The number of nitrogens with zero attached hydrogens (tertiary/aromatic N) is 2. The van der Waals surface area contributed by atoms with Crippen molar-refractivity contribution in [2.45, 2.75) is 13.8 Å². The van der Waals surface area contributed by atoms with Crippen LogP contribution in [0.15, 0.2) is 42.7 Å². The lowest BCUT2D eigenvalue weighted by atomic mass is 9.97. The quantitative estimate of drug-likeness (QED) is 0.690. The van der Waals surface area contributed by atoms with E-state index in [4.69, 9.17) is 5.73 Å². The molecular weight excluding hydrogens is 302 g/mol. The van der Waals surface area contributed by atoms with Crippen molar-refractivity contribution in [2.24, 2.45) is 0 Å². The standard InChI is InChI=1S/C18H19N5O/c1-3-20-18(24)23-17-8-14-13(12-5-7-16(19)21-9-12)6-4-11(2)15(14)10-22-17/h4-10H,3H2,1-2H3,(H2,19,21)(H2,20,22,23,24). The van der Waals surface area contributed by atoms with Gasteiger partial charge in [0, 0.05) is 29.9 Å². The van der Waals surface area contributed by atoms with Crippen LogP contribution >= 0.6 is 0 Å². The first kappa shape index (κ1) is 15.7. The van der Waals surface area contributed by atoms with Crippen LogP contribution in [0.2, 0.25) is 0 Å². The number of pyridine rings is 2. The van der Waals surface area contributed by atoms with Crippen LogP contribution in [0.4, 0.5) is 16.4 Å². The maximum atomic E-state index is 11.7. The smallest absolute Gasteiger partial charge is 0.320 e. The molecule has 0 atom stereocenters. The van der Waals surface area contributed by atoms with E-state index in [9.17, 15) is 4.79 Å². The van der Waals surface area contributed by atoms with Crippen molar-refractivity contribution in [3.8, 4) is 11.1 Å². The zero-order valence-electron chi connectivity index (χ0n) is 13.6. The zero-order valence-corrected chi connectivity index (χ0v) is 13.6. The van der Waals surface area contributed by atoms with Crippen LogP contribution in [0.1, 0.15) is 12.5 Å². The van der Waals surface area contributed by atoms with Gasteiger partial charge in [0.2, 0.25) is 0 Å². The molecule has 0 aliphatic rings. The molecule has 0 saturated carbocycles. The highest BCUT2D eigenvalue weighted by Gasteiger charge is 2.09. The van der Waals surface area contributed by atoms with Crippen molar-refractivity contribution in [3.05, 3.63) is 48.3 Å². The molecular formula is C18H19N5O. The minimum atomic E-state index is -0.271. The Balaban J connectivity index is 2.10. The summed E-state index contributed by atoms with van der Waals surface area (Å²) in [5, 5.41) is 7.47. The Bertz CT molecular complexity index is 890. The van der Waals surface area contributed by atoms with Gasteiger partial charge in [-0.15, -0.1) is 0 Å². The molecule has 2 heterocycles. The van der Waals surface area contributed by atoms with E-state index in [0.717, 1.165) is 27.5 Å². The van der Waals surface area contributed by atoms with Crippen molar-refractivity contribution in [3.63, 3.8) is 0 Å². The molecule has 4 N–H and O–H groups in total. The molecule has 1 aromatic carbocycles. The zero-order chi connectivity index (χ0) is 17.1. The number of aromatic nitrogens is 2. The van der Waals surface area contributed by atoms with Gasteiger partial charge in [-0.2, -0.15) is 0 Å². The number of anilines is 2. The van der Waals surface area contributed by atoms with Crippen molar-refractivity contribution >= 4 is 28.4 Å². The Morgan fingerprint density at radius 2 is 1.96 bits per heavy atom. The number of hydrogen-bond donors (Lipinski definition) is 3. The van der Waals surface area contributed by atoms with Crippen LogP contribution in [0, 0.1) is 6.92 Å². The van der Waals surface area contributed by atoms with E-state index in [-0.39, 0.29) is 6.03 Å². The molecule has 0 radical (unpaired) electrons. The minimum Gasteiger partial charge on any atom is -0.384 e. The van der Waals surface area contributed by atoms with Crippen molar-refractivity contribution in [1.82, 2.24) is 15.3 Å². The van der Waals surface area contributed by atoms with Gasteiger partial charge in [-0.3, -0.25) is 5.32 Å². The molecule has 0 fully saturated rings. The van der Waals surface area contributed by atoms with Gasteiger partial charge in [-0.05, 0) is 48.6 Å². The van der Waals surface area contributed by atoms with Crippen LogP contribution in [-0.2, 0) is 0 Å². The van der Waals surface area contributed by atoms with Gasteiger partial charge in [0.1, 0.15) is 11.6 Å². The molecule has 0 aliphatic carbocycles. The van der Waals surface area contributed by atoms with Crippen LogP contribution < -0.4 is 16.4 Å². The second-order valence-electron chi connectivity index (χ2n) is 5.50. The lowest BCUT2D eigenvalue weighted by molar-refractivity contribution is 0.252. The minimum absolute atomic E-state index is 0.271. The molecule has 2 aromatic heterocycles. The summed E-state index contributed by atoms with van der Waals surface area (Å²) in [6.45, 7) is 4.45. The highest BCUT2D eigenvalue weighted by molar-refractivity contribution is 6.00. The van der Waals surface area contributed by atoms with Crippen LogP contribution in [-0.4, -0.2) is 22.5 Å². The van der Waals surface area contributed by atoms with E-state index < -0.39 is 0 Å². The van der Waals surface area contributed by atoms with Gasteiger partial charge in [0.05, 0.1) is 0 Å². The van der Waals surface area contributed by atoms with E-state index in [1.54, 1.807) is 18.5 Å². The molecule has 2 amide bonds. The first-order valence-electron chi connectivity index (χ1n) is 7.74. The highest BCUT2D eigenvalue weighted by Crippen LogP contribution is 2.31. The van der Waals surface area contributed by atoms with Crippen LogP contribution in [0.3, 0.4) is 0 Å². The molecule has 0 bridgehead atoms. The lowest BCUT2D eigenvalue weighted by Crippen LogP contribution is -2.28. The lowest BCUT2D eigenvalue weighted by Gasteiger charge is -2.11. The topological polar surface area (TPSA) is 92.9 Å². The number of nitrogens with two attached hydrogens (primary N) is 1. The number of fused-ring (bicyclic) bond motifs is 1. The molecule has 0 aliphatic heterocycles. The van der Waals surface area contributed by atoms with E-state index in [1.807, 2.05) is 38.1 Å². The number of hydrogen-bond acceptors (Lipinski definition) is 4. The summed E-state index contributed by atoms with van der Waals surface area (Å²) in [6, 6.07) is 9.41. The maximum Gasteiger partial charge on any atom is 0.320 e. The van der Waals surface area contributed by atoms with E-state index in [1.165, 1.54) is 0 Å². The Morgan fingerprint density at radius 3 is 2.67 bits per heavy atom. The van der Waals surface area contributed by atoms with Gasteiger partial charge < -0.3 is 11.1 Å². The summed E-state index contributed by atoms with van der Waals surface area (Å²) in [6.07, 6.45) is 3.53. The Labute approximate surface area is 140 Å². The summed E-state index contributed by atoms with van der Waals surface area (Å²) < 4.78 is 0. The SMILES string of the molecule is CCNC(=O)Nc1cc2c(-c3ccc(N)nc3)ccc(C)c2cn1. The molecule has 0 saturated heterocycles. The monoisotopic (exact) mass is 321 g/mol. The number of nitrogens with one attached hydrogen (secondary N) is 2. The van der Waals surface area contributed by atoms with Crippen molar-refractivity contribution < 1.29 is 4.79 Å². The summed E-state index contributed by atoms with van der Waals surface area (Å²) in [5.41, 5.74) is 8.77. The number of amides is 2. The summed E-state index contributed by atoms with van der Waals surface area (Å²) in [7, 11) is 0. The Kier molecular flexibility index (Phi) is 4.29. The third kappa shape index (κ3) is 3.12. The highest BCUT2D eigenvalue weighted by atomic mass is 16.2. The van der Waals surface area contributed by atoms with E-state index >= 15 is 0 Å². The fourth-order valence-corrected chi connectivity index (χ4v) is 2.59. The predicted molar refractivity (Wildman–Crippen MR) is 96.8 cm³/mol. The predicted octanol–water partition coefficient (Wildman–Crippen LogP) is 3.33. The van der Waals surface area contributed by atoms with Gasteiger partial charge in [-0.1, -0.05) is 12.1 Å². The normalized spacial score (nSPS) is 10.6. The molecule has 24 heavy (non-hydrogen) atoms. The summed E-state index contributed by atoms with van der Waals surface area (Å²) in [5.74, 6) is 0.985. The largest absolute Gasteiger partial charge is 0.384 e. The van der Waals surface area contributed by atoms with Crippen molar-refractivity contribution in [1.29, 1.82) is 0 Å². The Hall–Kier alpha value is -3.15. The number of carbonyl (C=O) groups excluding carboxylic acids is 1. The third-order valence-corrected chi connectivity index (χ3v) is 3.80. The molecule has 6 heteroatoms. The fourth-order valence-electron chi connectivity index (χ4n) is 2.59. The molecule has 3 rings (SSSR count). The van der Waals surface area contributed by atoms with Crippen LogP contribution in [0.25, 0.3) is 21.9 Å². The average molecular weight is 321 g/mol. The van der Waals surface area contributed by atoms with E-state index in [0.29, 0.717) is 18.2 Å². The van der Waals surface area contributed by atoms with Crippen molar-refractivity contribution in [2.75, 3.05) is 17.6 Å². The third-order valence-electron chi connectivity index (χ3n) is 3.80. The summed E-state index contributed by atoms with van der Waals surface area (Å²) in [4.78, 5) is 20.2. The number of urea groups is 1. The van der Waals surface area contributed by atoms with E-state index in [2.05, 4.69) is 20.6 Å². The Morgan fingerprint density at radius 1 is 1.12 bits per heavy atom. The average Bonchev–Trinajstić information content (AvgIpc) is 2.56. The number of benzene rings is 1. The number of nitrogen functional groups attached to an aromatic ring is 1. The number of aryl methyl sites for hydroxylation is 1. The number of carbonyl (C=O) groups is 1. The molecule has 6 nitrogen and oxygen atoms in total. The van der Waals surface area contributed by atoms with Gasteiger partial charge in [0.25, 0.3) is 0 Å². The second-order valence-corrected chi connectivity index (χ2v) is 5.50. The fraction of sp³-hybridized carbons (Fsp3) is 0.167.